The maximum absolute atomic E-state index is 12.3. The Labute approximate surface area is 114 Å². The summed E-state index contributed by atoms with van der Waals surface area (Å²) in [7, 11) is 0. The summed E-state index contributed by atoms with van der Waals surface area (Å²) in [6, 6.07) is -0.194. The lowest BCUT2D eigenvalue weighted by molar-refractivity contribution is -0.137. The van der Waals surface area contributed by atoms with Gasteiger partial charge in [-0.2, -0.15) is 0 Å². The van der Waals surface area contributed by atoms with Crippen LogP contribution in [0.1, 0.15) is 33.1 Å². The van der Waals surface area contributed by atoms with Gasteiger partial charge >= 0.3 is 12.0 Å². The standard InChI is InChI=1S/C14H24N2O3/c1-4-8-16(11-12(17)18)13(19)15-9-6-14(3,5-2)7-10-15/h4H,1,5-11H2,2-3H3,(H,17,18). The lowest BCUT2D eigenvalue weighted by atomic mass is 9.78. The van der Waals surface area contributed by atoms with Crippen molar-refractivity contribution >= 4 is 12.0 Å². The van der Waals surface area contributed by atoms with Crippen molar-refractivity contribution in [1.82, 2.24) is 9.80 Å². The summed E-state index contributed by atoms with van der Waals surface area (Å²) >= 11 is 0. The van der Waals surface area contributed by atoms with Gasteiger partial charge in [-0.1, -0.05) is 26.3 Å². The number of likely N-dealkylation sites (tertiary alicyclic amines) is 1. The van der Waals surface area contributed by atoms with Crippen molar-refractivity contribution in [1.29, 1.82) is 0 Å². The summed E-state index contributed by atoms with van der Waals surface area (Å²) in [6.45, 7) is 9.39. The van der Waals surface area contributed by atoms with Crippen LogP contribution in [-0.4, -0.2) is 53.1 Å². The van der Waals surface area contributed by atoms with E-state index in [2.05, 4.69) is 20.4 Å². The zero-order valence-electron chi connectivity index (χ0n) is 11.9. The van der Waals surface area contributed by atoms with E-state index < -0.39 is 5.97 Å². The molecule has 0 aromatic rings. The van der Waals surface area contributed by atoms with E-state index in [1.54, 1.807) is 11.0 Å². The van der Waals surface area contributed by atoms with Gasteiger partial charge in [0.05, 0.1) is 0 Å². The van der Waals surface area contributed by atoms with E-state index in [-0.39, 0.29) is 19.1 Å². The van der Waals surface area contributed by atoms with Crippen LogP contribution in [0.25, 0.3) is 0 Å². The van der Waals surface area contributed by atoms with Gasteiger partial charge in [0, 0.05) is 19.6 Å². The van der Waals surface area contributed by atoms with Gasteiger partial charge in [-0.15, -0.1) is 6.58 Å². The van der Waals surface area contributed by atoms with Gasteiger partial charge in [-0.25, -0.2) is 4.79 Å². The number of rotatable bonds is 5. The zero-order valence-corrected chi connectivity index (χ0v) is 11.9. The molecule has 1 saturated heterocycles. The van der Waals surface area contributed by atoms with Crippen LogP contribution < -0.4 is 0 Å². The minimum atomic E-state index is -0.995. The van der Waals surface area contributed by atoms with Crippen LogP contribution in [0.2, 0.25) is 0 Å². The number of amides is 2. The molecule has 1 aliphatic rings. The third-order valence-electron chi connectivity index (χ3n) is 4.04. The van der Waals surface area contributed by atoms with Crippen LogP contribution in [0.5, 0.6) is 0 Å². The smallest absolute Gasteiger partial charge is 0.323 e. The van der Waals surface area contributed by atoms with E-state index in [0.29, 0.717) is 18.5 Å². The highest BCUT2D eigenvalue weighted by Gasteiger charge is 2.32. The third kappa shape index (κ3) is 4.26. The number of carbonyl (C=O) groups excluding carboxylic acids is 1. The molecular formula is C14H24N2O3. The minimum absolute atomic E-state index is 0.194. The van der Waals surface area contributed by atoms with E-state index >= 15 is 0 Å². The Morgan fingerprint density at radius 2 is 2.00 bits per heavy atom. The van der Waals surface area contributed by atoms with Gasteiger partial charge in [0.2, 0.25) is 0 Å². The predicted molar refractivity (Wildman–Crippen MR) is 74.0 cm³/mol. The molecule has 0 atom stereocenters. The normalized spacial score (nSPS) is 17.9. The van der Waals surface area contributed by atoms with Crippen molar-refractivity contribution < 1.29 is 14.7 Å². The Morgan fingerprint density at radius 1 is 1.42 bits per heavy atom. The molecule has 2 amide bonds. The SMILES string of the molecule is C=CCN(CC(=O)O)C(=O)N1CCC(C)(CC)CC1. The number of carboxylic acids is 1. The molecule has 5 heteroatoms. The van der Waals surface area contributed by atoms with Crippen LogP contribution in [0.15, 0.2) is 12.7 Å². The molecule has 0 aliphatic carbocycles. The summed E-state index contributed by atoms with van der Waals surface area (Å²) < 4.78 is 0. The van der Waals surface area contributed by atoms with Gasteiger partial charge in [-0.3, -0.25) is 4.79 Å². The Hall–Kier alpha value is -1.52. The van der Waals surface area contributed by atoms with Crippen molar-refractivity contribution in [2.24, 2.45) is 5.41 Å². The van der Waals surface area contributed by atoms with Gasteiger partial charge < -0.3 is 14.9 Å². The second-order valence-corrected chi connectivity index (χ2v) is 5.50. The molecule has 19 heavy (non-hydrogen) atoms. The summed E-state index contributed by atoms with van der Waals surface area (Å²) in [6.07, 6.45) is 4.62. The van der Waals surface area contributed by atoms with Gasteiger partial charge in [0.25, 0.3) is 0 Å². The van der Waals surface area contributed by atoms with Crippen molar-refractivity contribution in [2.45, 2.75) is 33.1 Å². The fourth-order valence-corrected chi connectivity index (χ4v) is 2.32. The van der Waals surface area contributed by atoms with Gasteiger partial charge in [0.15, 0.2) is 0 Å². The van der Waals surface area contributed by atoms with E-state index in [4.69, 9.17) is 5.11 Å². The quantitative estimate of drug-likeness (QED) is 0.777. The van der Waals surface area contributed by atoms with Gasteiger partial charge in [0.1, 0.15) is 6.54 Å². The lowest BCUT2D eigenvalue weighted by Gasteiger charge is -2.40. The van der Waals surface area contributed by atoms with Crippen molar-refractivity contribution in [2.75, 3.05) is 26.2 Å². The maximum Gasteiger partial charge on any atom is 0.323 e. The molecule has 0 bridgehead atoms. The summed E-state index contributed by atoms with van der Waals surface area (Å²) in [4.78, 5) is 26.1. The Kier molecular flexibility index (Phi) is 5.39. The van der Waals surface area contributed by atoms with E-state index in [1.165, 1.54) is 4.90 Å². The Balaban J connectivity index is 2.61. The first-order valence-corrected chi connectivity index (χ1v) is 6.78. The monoisotopic (exact) mass is 268 g/mol. The summed E-state index contributed by atoms with van der Waals surface area (Å²) in [5.41, 5.74) is 0.312. The fraction of sp³-hybridized carbons (Fsp3) is 0.714. The molecule has 1 N–H and O–H groups in total. The molecule has 1 rings (SSSR count). The first-order valence-electron chi connectivity index (χ1n) is 6.78. The Morgan fingerprint density at radius 3 is 2.42 bits per heavy atom. The number of hydrogen-bond donors (Lipinski definition) is 1. The molecular weight excluding hydrogens is 244 g/mol. The van der Waals surface area contributed by atoms with Crippen molar-refractivity contribution in [3.63, 3.8) is 0 Å². The van der Waals surface area contributed by atoms with Crippen LogP contribution in [-0.2, 0) is 4.79 Å². The molecule has 1 aliphatic heterocycles. The van der Waals surface area contributed by atoms with E-state index in [1.807, 2.05) is 0 Å². The topological polar surface area (TPSA) is 60.9 Å². The van der Waals surface area contributed by atoms with Crippen LogP contribution in [0, 0.1) is 5.41 Å². The lowest BCUT2D eigenvalue weighted by Crippen LogP contribution is -2.49. The predicted octanol–water partition coefficient (Wildman–Crippen LogP) is 2.19. The molecule has 0 aromatic heterocycles. The molecule has 0 saturated carbocycles. The number of aliphatic carboxylic acids is 1. The molecule has 108 valence electrons. The second kappa shape index (κ2) is 6.59. The molecule has 0 aromatic carbocycles. The largest absolute Gasteiger partial charge is 0.480 e. The van der Waals surface area contributed by atoms with E-state index in [0.717, 1.165) is 19.3 Å². The number of piperidine rings is 1. The summed E-state index contributed by atoms with van der Waals surface area (Å²) in [5.74, 6) is -0.995. The molecule has 0 spiro atoms. The third-order valence-corrected chi connectivity index (χ3v) is 4.04. The number of hydrogen-bond acceptors (Lipinski definition) is 2. The highest BCUT2D eigenvalue weighted by atomic mass is 16.4. The number of carboxylic acid groups (broad SMARTS) is 1. The van der Waals surface area contributed by atoms with Gasteiger partial charge in [-0.05, 0) is 18.3 Å². The Bertz CT molecular complexity index is 347. The first-order chi connectivity index (χ1) is 8.91. The molecule has 0 unspecified atom stereocenters. The number of nitrogens with zero attached hydrogens (tertiary/aromatic N) is 2. The minimum Gasteiger partial charge on any atom is -0.480 e. The fourth-order valence-electron chi connectivity index (χ4n) is 2.32. The average Bonchev–Trinajstić information content (AvgIpc) is 2.38. The highest BCUT2D eigenvalue weighted by molar-refractivity contribution is 5.80. The maximum atomic E-state index is 12.3. The molecule has 5 nitrogen and oxygen atoms in total. The number of carbonyl (C=O) groups is 2. The average molecular weight is 268 g/mol. The van der Waals surface area contributed by atoms with Crippen LogP contribution >= 0.6 is 0 Å². The van der Waals surface area contributed by atoms with E-state index in [9.17, 15) is 9.59 Å². The van der Waals surface area contributed by atoms with Crippen molar-refractivity contribution in [3.05, 3.63) is 12.7 Å². The highest BCUT2D eigenvalue weighted by Crippen LogP contribution is 2.34. The van der Waals surface area contributed by atoms with Crippen molar-refractivity contribution in [3.8, 4) is 0 Å². The molecule has 1 heterocycles. The first kappa shape index (κ1) is 15.5. The second-order valence-electron chi connectivity index (χ2n) is 5.50. The molecule has 1 fully saturated rings. The zero-order chi connectivity index (χ0) is 14.5. The number of urea groups is 1. The van der Waals surface area contributed by atoms with Crippen LogP contribution in [0.4, 0.5) is 4.79 Å². The summed E-state index contributed by atoms with van der Waals surface area (Å²) in [5, 5.41) is 8.83. The van der Waals surface area contributed by atoms with Crippen LogP contribution in [0.3, 0.4) is 0 Å². The molecule has 0 radical (unpaired) electrons.